The van der Waals surface area contributed by atoms with E-state index in [0.29, 0.717) is 16.8 Å². The third-order valence-electron chi connectivity index (χ3n) is 4.02. The summed E-state index contributed by atoms with van der Waals surface area (Å²) in [4.78, 5) is 20.6. The molecule has 0 aliphatic carbocycles. The third kappa shape index (κ3) is 1.60. The molecule has 110 valence electrons. The fourth-order valence-corrected chi connectivity index (χ4v) is 2.93. The van der Waals surface area contributed by atoms with Crippen LogP contribution in [0.2, 0.25) is 0 Å². The van der Waals surface area contributed by atoms with E-state index in [9.17, 15) is 4.79 Å². The SMILES string of the molecule is O=c1c2[nH]c3ccccc3c2nc2n(-c3ccccc3)cnn12. The van der Waals surface area contributed by atoms with Gasteiger partial charge < -0.3 is 4.98 Å². The molecule has 0 amide bonds. The van der Waals surface area contributed by atoms with E-state index in [1.165, 1.54) is 4.52 Å². The Morgan fingerprint density at radius 1 is 0.957 bits per heavy atom. The molecule has 0 unspecified atom stereocenters. The number of hydrogen-bond donors (Lipinski definition) is 1. The Balaban J connectivity index is 1.96. The van der Waals surface area contributed by atoms with Crippen LogP contribution in [0.15, 0.2) is 65.7 Å². The molecule has 0 bridgehead atoms. The maximum atomic E-state index is 12.7. The Hall–Kier alpha value is -3.41. The van der Waals surface area contributed by atoms with Gasteiger partial charge in [-0.05, 0) is 18.2 Å². The van der Waals surface area contributed by atoms with E-state index in [2.05, 4.69) is 10.1 Å². The number of hydrogen-bond acceptors (Lipinski definition) is 3. The highest BCUT2D eigenvalue weighted by molar-refractivity contribution is 6.04. The highest BCUT2D eigenvalue weighted by Crippen LogP contribution is 2.22. The number of benzene rings is 2. The van der Waals surface area contributed by atoms with Crippen molar-refractivity contribution in [3.05, 3.63) is 71.3 Å². The molecular weight excluding hydrogens is 290 g/mol. The first-order valence-electron chi connectivity index (χ1n) is 7.25. The van der Waals surface area contributed by atoms with Crippen LogP contribution in [0.4, 0.5) is 0 Å². The van der Waals surface area contributed by atoms with E-state index >= 15 is 0 Å². The van der Waals surface area contributed by atoms with E-state index in [1.54, 1.807) is 6.33 Å². The number of aromatic amines is 1. The lowest BCUT2D eigenvalue weighted by atomic mass is 10.2. The smallest absolute Gasteiger partial charge is 0.300 e. The zero-order valence-electron chi connectivity index (χ0n) is 12.0. The van der Waals surface area contributed by atoms with Crippen LogP contribution in [-0.4, -0.2) is 24.1 Å². The zero-order chi connectivity index (χ0) is 15.4. The van der Waals surface area contributed by atoms with Crippen LogP contribution in [-0.2, 0) is 0 Å². The van der Waals surface area contributed by atoms with E-state index in [1.807, 2.05) is 59.2 Å². The minimum atomic E-state index is -0.198. The Morgan fingerprint density at radius 3 is 2.61 bits per heavy atom. The molecule has 6 nitrogen and oxygen atoms in total. The second kappa shape index (κ2) is 4.30. The van der Waals surface area contributed by atoms with Crippen LogP contribution in [0, 0.1) is 0 Å². The van der Waals surface area contributed by atoms with Gasteiger partial charge in [0.2, 0.25) is 5.78 Å². The molecule has 0 atom stereocenters. The third-order valence-corrected chi connectivity index (χ3v) is 4.02. The summed E-state index contributed by atoms with van der Waals surface area (Å²) < 4.78 is 3.13. The number of aromatic nitrogens is 5. The fourth-order valence-electron chi connectivity index (χ4n) is 2.93. The van der Waals surface area contributed by atoms with Gasteiger partial charge in [0.25, 0.3) is 5.56 Å². The van der Waals surface area contributed by atoms with Gasteiger partial charge in [0.05, 0.1) is 5.69 Å². The lowest BCUT2D eigenvalue weighted by Gasteiger charge is -2.02. The van der Waals surface area contributed by atoms with E-state index in [4.69, 9.17) is 4.98 Å². The average Bonchev–Trinajstić information content (AvgIpc) is 3.18. The van der Waals surface area contributed by atoms with Gasteiger partial charge in [0.1, 0.15) is 17.4 Å². The van der Waals surface area contributed by atoms with Gasteiger partial charge in [0, 0.05) is 10.9 Å². The van der Waals surface area contributed by atoms with Gasteiger partial charge in [0.15, 0.2) is 0 Å². The summed E-state index contributed by atoms with van der Waals surface area (Å²) in [6.45, 7) is 0. The van der Waals surface area contributed by atoms with Crippen molar-refractivity contribution in [1.29, 1.82) is 0 Å². The summed E-state index contributed by atoms with van der Waals surface area (Å²) in [5.41, 5.74) is 2.75. The summed E-state index contributed by atoms with van der Waals surface area (Å²) in [6.07, 6.45) is 1.61. The number of rotatable bonds is 1. The highest BCUT2D eigenvalue weighted by Gasteiger charge is 2.15. The highest BCUT2D eigenvalue weighted by atomic mass is 16.1. The largest absolute Gasteiger partial charge is 0.349 e. The molecule has 0 aliphatic heterocycles. The molecule has 3 aromatic heterocycles. The van der Waals surface area contributed by atoms with Crippen molar-refractivity contribution < 1.29 is 0 Å². The summed E-state index contributed by atoms with van der Waals surface area (Å²) in [5.74, 6) is 0.499. The van der Waals surface area contributed by atoms with Crippen LogP contribution >= 0.6 is 0 Å². The molecule has 6 heteroatoms. The van der Waals surface area contributed by atoms with Crippen molar-refractivity contribution in [2.24, 2.45) is 0 Å². The average molecular weight is 301 g/mol. The topological polar surface area (TPSA) is 68.0 Å². The lowest BCUT2D eigenvalue weighted by molar-refractivity contribution is 0.912. The quantitative estimate of drug-likeness (QED) is 0.517. The molecule has 0 saturated carbocycles. The van der Waals surface area contributed by atoms with Crippen LogP contribution in [0.3, 0.4) is 0 Å². The van der Waals surface area contributed by atoms with Crippen molar-refractivity contribution in [1.82, 2.24) is 24.1 Å². The fraction of sp³-hybridized carbons (Fsp3) is 0. The Morgan fingerprint density at radius 2 is 1.74 bits per heavy atom. The van der Waals surface area contributed by atoms with Crippen molar-refractivity contribution in [2.75, 3.05) is 0 Å². The van der Waals surface area contributed by atoms with Crippen LogP contribution < -0.4 is 5.56 Å². The number of fused-ring (bicyclic) bond motifs is 4. The Bertz CT molecular complexity index is 1230. The minimum absolute atomic E-state index is 0.198. The van der Waals surface area contributed by atoms with E-state index in [0.717, 1.165) is 16.6 Å². The molecule has 5 aromatic rings. The normalized spacial score (nSPS) is 11.7. The molecule has 1 N–H and O–H groups in total. The predicted octanol–water partition coefficient (Wildman–Crippen LogP) is 2.51. The molecule has 3 heterocycles. The molecule has 2 aromatic carbocycles. The maximum Gasteiger partial charge on any atom is 0.300 e. The monoisotopic (exact) mass is 301 g/mol. The van der Waals surface area contributed by atoms with Crippen molar-refractivity contribution in [3.63, 3.8) is 0 Å². The lowest BCUT2D eigenvalue weighted by Crippen LogP contribution is -2.16. The van der Waals surface area contributed by atoms with Crippen LogP contribution in [0.5, 0.6) is 0 Å². The summed E-state index contributed by atoms with van der Waals surface area (Å²) in [5, 5.41) is 5.13. The summed E-state index contributed by atoms with van der Waals surface area (Å²) in [7, 11) is 0. The molecular formula is C17H11N5O. The molecule has 0 fully saturated rings. The Labute approximate surface area is 129 Å². The predicted molar refractivity (Wildman–Crippen MR) is 87.9 cm³/mol. The van der Waals surface area contributed by atoms with Crippen molar-refractivity contribution >= 4 is 27.7 Å². The van der Waals surface area contributed by atoms with Gasteiger partial charge >= 0.3 is 0 Å². The van der Waals surface area contributed by atoms with Crippen molar-refractivity contribution in [3.8, 4) is 5.69 Å². The number of para-hydroxylation sites is 2. The number of nitrogens with zero attached hydrogens (tertiary/aromatic N) is 4. The summed E-state index contributed by atoms with van der Waals surface area (Å²) >= 11 is 0. The van der Waals surface area contributed by atoms with E-state index < -0.39 is 0 Å². The van der Waals surface area contributed by atoms with Crippen LogP contribution in [0.1, 0.15) is 0 Å². The maximum absolute atomic E-state index is 12.7. The molecule has 23 heavy (non-hydrogen) atoms. The van der Waals surface area contributed by atoms with Gasteiger partial charge in [-0.15, -0.1) is 0 Å². The Kier molecular flexibility index (Phi) is 2.27. The molecule has 0 saturated heterocycles. The van der Waals surface area contributed by atoms with Gasteiger partial charge in [-0.25, -0.2) is 4.98 Å². The van der Waals surface area contributed by atoms with E-state index in [-0.39, 0.29) is 5.56 Å². The van der Waals surface area contributed by atoms with Crippen molar-refractivity contribution in [2.45, 2.75) is 0 Å². The number of H-pyrrole nitrogens is 1. The molecule has 0 spiro atoms. The molecule has 0 aliphatic rings. The zero-order valence-corrected chi connectivity index (χ0v) is 12.0. The second-order valence-corrected chi connectivity index (χ2v) is 5.36. The number of nitrogens with one attached hydrogen (secondary N) is 1. The first-order chi connectivity index (χ1) is 11.3. The van der Waals surface area contributed by atoms with Crippen LogP contribution in [0.25, 0.3) is 33.4 Å². The first kappa shape index (κ1) is 12.2. The standard InChI is InChI=1S/C17H11N5O/c23-16-15-14(12-8-4-5-9-13(12)19-15)20-17-21(10-18-22(16)17)11-6-2-1-3-7-11/h1-10,19H. The molecule has 5 rings (SSSR count). The van der Waals surface area contributed by atoms with Gasteiger partial charge in [-0.3, -0.25) is 9.36 Å². The molecule has 0 radical (unpaired) electrons. The van der Waals surface area contributed by atoms with Gasteiger partial charge in [-0.1, -0.05) is 36.4 Å². The minimum Gasteiger partial charge on any atom is -0.349 e. The summed E-state index contributed by atoms with van der Waals surface area (Å²) in [6, 6.07) is 17.5. The first-order valence-corrected chi connectivity index (χ1v) is 7.25. The second-order valence-electron chi connectivity index (χ2n) is 5.36. The van der Waals surface area contributed by atoms with Gasteiger partial charge in [-0.2, -0.15) is 9.61 Å².